The van der Waals surface area contributed by atoms with E-state index in [-0.39, 0.29) is 0 Å². The van der Waals surface area contributed by atoms with Crippen molar-refractivity contribution in [2.75, 3.05) is 5.73 Å². The lowest BCUT2D eigenvalue weighted by Gasteiger charge is -2.12. The van der Waals surface area contributed by atoms with Crippen LogP contribution in [0.25, 0.3) is 5.57 Å². The van der Waals surface area contributed by atoms with E-state index in [0.29, 0.717) is 27.4 Å². The molecule has 2 aromatic carbocycles. The van der Waals surface area contributed by atoms with Crippen LogP contribution in [0.3, 0.4) is 0 Å². The predicted molar refractivity (Wildman–Crippen MR) is 108 cm³/mol. The Kier molecular flexibility index (Phi) is 5.64. The molecule has 130 valence electrons. The highest BCUT2D eigenvalue weighted by Crippen LogP contribution is 2.33. The van der Waals surface area contributed by atoms with Crippen molar-refractivity contribution in [1.82, 2.24) is 0 Å². The number of nitrogen functional groups attached to an aromatic ring is 1. The molecule has 0 aliphatic heterocycles. The Labute approximate surface area is 160 Å². The van der Waals surface area contributed by atoms with Gasteiger partial charge in [-0.2, -0.15) is 16.6 Å². The lowest BCUT2D eigenvalue weighted by Crippen LogP contribution is -2.01. The van der Waals surface area contributed by atoms with Crippen LogP contribution in [0.5, 0.6) is 0 Å². The topological polar surface area (TPSA) is 96.1 Å². The minimum absolute atomic E-state index is 0.359. The summed E-state index contributed by atoms with van der Waals surface area (Å²) in [5.74, 6) is 0. The number of hydrogen-bond donors (Lipinski definition) is 3. The molecule has 0 bridgehead atoms. The van der Waals surface area contributed by atoms with Crippen molar-refractivity contribution in [1.29, 1.82) is 5.26 Å². The quantitative estimate of drug-likeness (QED) is 0.348. The molecule has 0 fully saturated rings. The number of hydrogen-bond acceptors (Lipinski definition) is 6. The predicted octanol–water partition coefficient (Wildman–Crippen LogP) is 4.36. The largest absolute Gasteiger partial charge is 0.398 e. The maximum atomic E-state index is 10.5. The van der Waals surface area contributed by atoms with E-state index >= 15 is 0 Å². The number of benzene rings is 2. The lowest BCUT2D eigenvalue weighted by atomic mass is 9.99. The first kappa shape index (κ1) is 18.1. The van der Waals surface area contributed by atoms with Gasteiger partial charge in [0.1, 0.15) is 12.2 Å². The lowest BCUT2D eigenvalue weighted by molar-refractivity contribution is 0.221. The first-order valence-corrected chi connectivity index (χ1v) is 9.58. The van der Waals surface area contributed by atoms with Gasteiger partial charge >= 0.3 is 0 Å². The Morgan fingerprint density at radius 2 is 1.92 bits per heavy atom. The van der Waals surface area contributed by atoms with Crippen molar-refractivity contribution in [3.63, 3.8) is 0 Å². The Balaban J connectivity index is 1.94. The molecule has 0 aliphatic rings. The zero-order valence-electron chi connectivity index (χ0n) is 13.8. The van der Waals surface area contributed by atoms with Crippen molar-refractivity contribution < 1.29 is 5.11 Å². The fourth-order valence-corrected chi connectivity index (χ4v) is 4.01. The fraction of sp³-hybridized carbons (Fsp3) is 0.0500. The van der Waals surface area contributed by atoms with E-state index in [1.807, 2.05) is 53.2 Å². The van der Waals surface area contributed by atoms with Gasteiger partial charge < -0.3 is 16.6 Å². The molecule has 6 heteroatoms. The maximum Gasteiger partial charge on any atom is 0.105 e. The number of aliphatic hydroxyl groups is 1. The zero-order valence-corrected chi connectivity index (χ0v) is 15.4. The van der Waals surface area contributed by atoms with Crippen LogP contribution in [-0.2, 0) is 0 Å². The van der Waals surface area contributed by atoms with Crippen LogP contribution in [-0.4, -0.2) is 5.11 Å². The molecule has 5 N–H and O–H groups in total. The molecule has 1 heterocycles. The zero-order chi connectivity index (χ0) is 18.5. The first-order valence-electron chi connectivity index (χ1n) is 7.83. The molecular formula is C20H17N3OS2. The smallest absolute Gasteiger partial charge is 0.105 e. The van der Waals surface area contributed by atoms with Crippen LogP contribution >= 0.6 is 23.1 Å². The van der Waals surface area contributed by atoms with E-state index in [9.17, 15) is 10.4 Å². The summed E-state index contributed by atoms with van der Waals surface area (Å²) in [6.07, 6.45) is -0.736. The Bertz CT molecular complexity index is 975. The van der Waals surface area contributed by atoms with Gasteiger partial charge in [-0.15, -0.1) is 0 Å². The van der Waals surface area contributed by atoms with Crippen LogP contribution < -0.4 is 11.5 Å². The van der Waals surface area contributed by atoms with Gasteiger partial charge in [0.15, 0.2) is 0 Å². The second-order valence-corrected chi connectivity index (χ2v) is 7.44. The van der Waals surface area contributed by atoms with Crippen molar-refractivity contribution in [2.45, 2.75) is 11.0 Å². The Morgan fingerprint density at radius 3 is 2.62 bits per heavy atom. The van der Waals surface area contributed by atoms with Gasteiger partial charge in [-0.1, -0.05) is 42.1 Å². The third kappa shape index (κ3) is 3.92. The average Bonchev–Trinajstić information content (AvgIpc) is 3.18. The van der Waals surface area contributed by atoms with Gasteiger partial charge in [-0.3, -0.25) is 0 Å². The summed E-state index contributed by atoms with van der Waals surface area (Å²) < 4.78 is 0. The number of rotatable bonds is 5. The average molecular weight is 380 g/mol. The highest BCUT2D eigenvalue weighted by atomic mass is 32.2. The Hall–Kier alpha value is -2.72. The number of nitrogens with zero attached hydrogens (tertiary/aromatic N) is 1. The first-order chi connectivity index (χ1) is 12.6. The maximum absolute atomic E-state index is 10.5. The molecule has 0 saturated heterocycles. The van der Waals surface area contributed by atoms with Crippen molar-refractivity contribution in [3.05, 3.63) is 87.1 Å². The molecule has 0 amide bonds. The SMILES string of the molecule is N#C/C(=C(/N)Sc1ccccc1N)c1cccc(C(O)c2ccsc2)c1. The van der Waals surface area contributed by atoms with Crippen molar-refractivity contribution in [2.24, 2.45) is 5.73 Å². The van der Waals surface area contributed by atoms with E-state index in [0.717, 1.165) is 10.5 Å². The molecule has 26 heavy (non-hydrogen) atoms. The fourth-order valence-electron chi connectivity index (χ4n) is 2.49. The normalized spacial score (nSPS) is 12.9. The van der Waals surface area contributed by atoms with Crippen LogP contribution in [0.2, 0.25) is 0 Å². The summed E-state index contributed by atoms with van der Waals surface area (Å²) in [4.78, 5) is 0.798. The number of nitriles is 1. The highest BCUT2D eigenvalue weighted by molar-refractivity contribution is 8.03. The number of anilines is 1. The number of para-hydroxylation sites is 1. The number of allylic oxidation sites excluding steroid dienone is 1. The second-order valence-electron chi connectivity index (χ2n) is 5.58. The Morgan fingerprint density at radius 1 is 1.12 bits per heavy atom. The number of nitrogens with two attached hydrogens (primary N) is 2. The molecule has 4 nitrogen and oxygen atoms in total. The van der Waals surface area contributed by atoms with Gasteiger partial charge in [-0.05, 0) is 51.7 Å². The highest BCUT2D eigenvalue weighted by Gasteiger charge is 2.14. The van der Waals surface area contributed by atoms with Gasteiger partial charge in [0.25, 0.3) is 0 Å². The van der Waals surface area contributed by atoms with E-state index in [4.69, 9.17) is 11.5 Å². The third-order valence-electron chi connectivity index (χ3n) is 3.85. The van der Waals surface area contributed by atoms with Gasteiger partial charge in [0.05, 0.1) is 10.6 Å². The van der Waals surface area contributed by atoms with Crippen LogP contribution in [0.15, 0.2) is 75.3 Å². The van der Waals surface area contributed by atoms with Gasteiger partial charge in [0, 0.05) is 10.6 Å². The number of thiophene rings is 1. The summed E-state index contributed by atoms with van der Waals surface area (Å²) in [6, 6.07) is 18.7. The van der Waals surface area contributed by atoms with Gasteiger partial charge in [0.2, 0.25) is 0 Å². The summed E-state index contributed by atoms with van der Waals surface area (Å²) >= 11 is 2.79. The summed E-state index contributed by atoms with van der Waals surface area (Å²) in [7, 11) is 0. The molecule has 3 aromatic rings. The standard InChI is InChI=1S/C20H17N3OS2/c21-11-16(20(23)26-18-7-2-1-6-17(18)22)13-4-3-5-14(10-13)19(24)15-8-9-25-12-15/h1-10,12,19,24H,22-23H2/b20-16+. The van der Waals surface area contributed by atoms with Gasteiger partial charge in [-0.25, -0.2) is 0 Å². The summed E-state index contributed by atoms with van der Waals surface area (Å²) in [5, 5.41) is 24.3. The van der Waals surface area contributed by atoms with Crippen LogP contribution in [0.4, 0.5) is 5.69 Å². The monoisotopic (exact) mass is 379 g/mol. The van der Waals surface area contributed by atoms with Crippen molar-refractivity contribution >= 4 is 34.4 Å². The summed E-state index contributed by atoms with van der Waals surface area (Å²) in [6.45, 7) is 0. The molecule has 0 saturated carbocycles. The molecule has 0 radical (unpaired) electrons. The van der Waals surface area contributed by atoms with E-state index in [2.05, 4.69) is 6.07 Å². The molecule has 1 unspecified atom stereocenters. The molecule has 3 rings (SSSR count). The molecular weight excluding hydrogens is 362 g/mol. The van der Waals surface area contributed by atoms with E-state index in [1.165, 1.54) is 23.1 Å². The molecule has 1 atom stereocenters. The number of thioether (sulfide) groups is 1. The van der Waals surface area contributed by atoms with Crippen molar-refractivity contribution in [3.8, 4) is 6.07 Å². The molecule has 0 spiro atoms. The van der Waals surface area contributed by atoms with E-state index in [1.54, 1.807) is 12.1 Å². The summed E-state index contributed by atoms with van der Waals surface area (Å²) in [5.41, 5.74) is 15.3. The molecule has 1 aromatic heterocycles. The minimum atomic E-state index is -0.736. The number of aliphatic hydroxyl groups excluding tert-OH is 1. The molecule has 0 aliphatic carbocycles. The van der Waals surface area contributed by atoms with E-state index < -0.39 is 6.10 Å². The second kappa shape index (κ2) is 8.11. The minimum Gasteiger partial charge on any atom is -0.398 e. The van der Waals surface area contributed by atoms with Crippen LogP contribution in [0, 0.1) is 11.3 Å². The van der Waals surface area contributed by atoms with Crippen LogP contribution in [0.1, 0.15) is 22.8 Å². The third-order valence-corrected chi connectivity index (χ3v) is 5.56.